The van der Waals surface area contributed by atoms with Gasteiger partial charge in [0.25, 0.3) is 0 Å². The molecule has 0 aliphatic heterocycles. The van der Waals surface area contributed by atoms with E-state index < -0.39 is 0 Å². The lowest BCUT2D eigenvalue weighted by Gasteiger charge is -2.09. The summed E-state index contributed by atoms with van der Waals surface area (Å²) >= 11 is 1.42. The molecule has 0 aliphatic rings. The van der Waals surface area contributed by atoms with Gasteiger partial charge in [-0.1, -0.05) is 19.1 Å². The number of carbonyl (C=O) groups is 1. The van der Waals surface area contributed by atoms with Crippen molar-refractivity contribution in [2.24, 2.45) is 5.92 Å². The van der Waals surface area contributed by atoms with Crippen molar-refractivity contribution in [1.29, 1.82) is 0 Å². The summed E-state index contributed by atoms with van der Waals surface area (Å²) in [5, 5.41) is 6.36. The second-order valence-corrected chi connectivity index (χ2v) is 6.46. The molecular formula is C16H20FN3OS. The van der Waals surface area contributed by atoms with Crippen molar-refractivity contribution in [1.82, 2.24) is 10.3 Å². The second-order valence-electron chi connectivity index (χ2n) is 5.34. The van der Waals surface area contributed by atoms with E-state index in [4.69, 9.17) is 0 Å². The molecule has 22 heavy (non-hydrogen) atoms. The molecule has 2 aromatic rings. The Hall–Kier alpha value is -1.79. The van der Waals surface area contributed by atoms with Crippen LogP contribution in [-0.2, 0) is 11.2 Å². The third kappa shape index (κ3) is 4.35. The molecule has 118 valence electrons. The van der Waals surface area contributed by atoms with Gasteiger partial charge in [-0.25, -0.2) is 9.37 Å². The molecule has 0 bridgehead atoms. The Bertz CT molecular complexity index is 657. The van der Waals surface area contributed by atoms with Gasteiger partial charge in [0, 0.05) is 30.0 Å². The fraction of sp³-hybridized carbons (Fsp3) is 0.375. The Labute approximate surface area is 133 Å². The van der Waals surface area contributed by atoms with Crippen LogP contribution in [0.2, 0.25) is 0 Å². The number of nitrogens with one attached hydrogen (secondary N) is 2. The van der Waals surface area contributed by atoms with Crippen LogP contribution in [0.15, 0.2) is 24.4 Å². The van der Waals surface area contributed by atoms with E-state index in [1.165, 1.54) is 11.3 Å². The summed E-state index contributed by atoms with van der Waals surface area (Å²) in [5.74, 6) is -0.378. The van der Waals surface area contributed by atoms with E-state index in [-0.39, 0.29) is 17.6 Å². The van der Waals surface area contributed by atoms with Gasteiger partial charge in [-0.05, 0) is 31.2 Å². The van der Waals surface area contributed by atoms with Crippen LogP contribution in [0.4, 0.5) is 9.52 Å². The van der Waals surface area contributed by atoms with Crippen LogP contribution in [0.25, 0.3) is 0 Å². The van der Waals surface area contributed by atoms with Gasteiger partial charge in [-0.2, -0.15) is 0 Å². The van der Waals surface area contributed by atoms with Gasteiger partial charge in [0.2, 0.25) is 5.91 Å². The zero-order valence-electron chi connectivity index (χ0n) is 12.9. The first-order valence-electron chi connectivity index (χ1n) is 7.14. The molecule has 1 aromatic heterocycles. The number of thiazole rings is 1. The molecule has 6 heteroatoms. The summed E-state index contributed by atoms with van der Waals surface area (Å²) in [6.45, 7) is 4.22. The van der Waals surface area contributed by atoms with Gasteiger partial charge in [0.15, 0.2) is 5.13 Å². The quantitative estimate of drug-likeness (QED) is 0.860. The van der Waals surface area contributed by atoms with E-state index in [2.05, 4.69) is 15.6 Å². The first-order valence-corrected chi connectivity index (χ1v) is 7.96. The highest BCUT2D eigenvalue weighted by molar-refractivity contribution is 7.15. The number of amides is 1. The normalized spacial score (nSPS) is 12.2. The molecule has 0 fully saturated rings. The predicted octanol–water partition coefficient (Wildman–Crippen LogP) is 2.98. The maximum absolute atomic E-state index is 13.5. The molecule has 0 spiro atoms. The first-order chi connectivity index (χ1) is 10.5. The molecule has 1 unspecified atom stereocenters. The number of anilines is 1. The summed E-state index contributed by atoms with van der Waals surface area (Å²) in [6, 6.07) is 5.22. The Kier molecular flexibility index (Phi) is 5.63. The number of rotatable bonds is 6. The molecule has 2 rings (SSSR count). The van der Waals surface area contributed by atoms with E-state index in [9.17, 15) is 9.18 Å². The zero-order valence-corrected chi connectivity index (χ0v) is 13.8. The summed E-state index contributed by atoms with van der Waals surface area (Å²) in [6.07, 6.45) is 2.33. The maximum atomic E-state index is 13.5. The van der Waals surface area contributed by atoms with Gasteiger partial charge in [0.1, 0.15) is 5.82 Å². The predicted molar refractivity (Wildman–Crippen MR) is 87.8 cm³/mol. The van der Waals surface area contributed by atoms with Crippen molar-refractivity contribution in [3.8, 4) is 0 Å². The lowest BCUT2D eigenvalue weighted by atomic mass is 10.1. The van der Waals surface area contributed by atoms with Crippen molar-refractivity contribution < 1.29 is 9.18 Å². The fourth-order valence-electron chi connectivity index (χ4n) is 2.02. The van der Waals surface area contributed by atoms with Crippen molar-refractivity contribution in [3.63, 3.8) is 0 Å². The molecule has 1 atom stereocenters. The van der Waals surface area contributed by atoms with Gasteiger partial charge in [-0.15, -0.1) is 11.3 Å². The van der Waals surface area contributed by atoms with Crippen molar-refractivity contribution in [2.75, 3.05) is 18.9 Å². The van der Waals surface area contributed by atoms with Crippen LogP contribution >= 0.6 is 11.3 Å². The highest BCUT2D eigenvalue weighted by atomic mass is 32.1. The van der Waals surface area contributed by atoms with Gasteiger partial charge in [-0.3, -0.25) is 4.79 Å². The van der Waals surface area contributed by atoms with Gasteiger partial charge >= 0.3 is 0 Å². The molecule has 1 amide bonds. The lowest BCUT2D eigenvalue weighted by Crippen LogP contribution is -2.28. The molecule has 0 radical (unpaired) electrons. The summed E-state index contributed by atoms with van der Waals surface area (Å²) in [5.41, 5.74) is 1.53. The highest BCUT2D eigenvalue weighted by Crippen LogP contribution is 2.22. The minimum Gasteiger partial charge on any atom is -0.319 e. The average molecular weight is 321 g/mol. The number of carbonyl (C=O) groups excluding carboxylic acids is 1. The van der Waals surface area contributed by atoms with Crippen LogP contribution in [0.5, 0.6) is 0 Å². The lowest BCUT2D eigenvalue weighted by molar-refractivity contribution is -0.119. The number of nitrogens with zero attached hydrogens (tertiary/aromatic N) is 1. The standard InChI is InChI=1S/C16H20FN3OS/c1-10-4-5-12(7-14(10)17)6-13-9-19-16(22-13)20-15(21)11(2)8-18-3/h4-5,7,9,11,18H,6,8H2,1-3H3,(H,19,20,21). The zero-order chi connectivity index (χ0) is 16.1. The Morgan fingerprint density at radius 3 is 2.91 bits per heavy atom. The monoisotopic (exact) mass is 321 g/mol. The van der Waals surface area contributed by atoms with Crippen LogP contribution in [0.1, 0.15) is 22.9 Å². The Morgan fingerprint density at radius 1 is 1.45 bits per heavy atom. The molecular weight excluding hydrogens is 301 g/mol. The summed E-state index contributed by atoms with van der Waals surface area (Å²) in [7, 11) is 1.81. The van der Waals surface area contributed by atoms with Gasteiger partial charge in [0.05, 0.1) is 0 Å². The molecule has 2 N–H and O–H groups in total. The molecule has 1 aromatic carbocycles. The second kappa shape index (κ2) is 7.47. The molecule has 0 aliphatic carbocycles. The number of benzene rings is 1. The minimum absolute atomic E-state index is 0.0587. The smallest absolute Gasteiger partial charge is 0.230 e. The Morgan fingerprint density at radius 2 is 2.23 bits per heavy atom. The molecule has 0 saturated heterocycles. The SMILES string of the molecule is CNCC(C)C(=O)Nc1ncc(Cc2ccc(C)c(F)c2)s1. The van der Waals surface area contributed by atoms with Crippen LogP contribution < -0.4 is 10.6 Å². The number of hydrogen-bond donors (Lipinski definition) is 2. The van der Waals surface area contributed by atoms with E-state index in [1.54, 1.807) is 25.3 Å². The van der Waals surface area contributed by atoms with Crippen molar-refractivity contribution >= 4 is 22.4 Å². The summed E-state index contributed by atoms with van der Waals surface area (Å²) < 4.78 is 13.5. The first kappa shape index (κ1) is 16.6. The highest BCUT2D eigenvalue weighted by Gasteiger charge is 2.14. The van der Waals surface area contributed by atoms with Crippen LogP contribution in [0, 0.1) is 18.7 Å². The van der Waals surface area contributed by atoms with E-state index >= 15 is 0 Å². The van der Waals surface area contributed by atoms with E-state index in [0.717, 1.165) is 10.4 Å². The molecule has 0 saturated carbocycles. The number of hydrogen-bond acceptors (Lipinski definition) is 4. The summed E-state index contributed by atoms with van der Waals surface area (Å²) in [4.78, 5) is 17.1. The van der Waals surface area contributed by atoms with Gasteiger partial charge < -0.3 is 10.6 Å². The average Bonchev–Trinajstić information content (AvgIpc) is 2.90. The molecule has 4 nitrogen and oxygen atoms in total. The Balaban J connectivity index is 1.99. The topological polar surface area (TPSA) is 54.0 Å². The third-order valence-corrected chi connectivity index (χ3v) is 4.27. The minimum atomic E-state index is -0.198. The number of halogens is 1. The molecule has 1 heterocycles. The van der Waals surface area contributed by atoms with E-state index in [0.29, 0.717) is 23.7 Å². The van der Waals surface area contributed by atoms with E-state index in [1.807, 2.05) is 20.0 Å². The maximum Gasteiger partial charge on any atom is 0.230 e. The fourth-order valence-corrected chi connectivity index (χ4v) is 2.87. The van der Waals surface area contributed by atoms with Crippen molar-refractivity contribution in [3.05, 3.63) is 46.2 Å². The number of aromatic nitrogens is 1. The number of aryl methyl sites for hydroxylation is 1. The van der Waals surface area contributed by atoms with Crippen LogP contribution in [0.3, 0.4) is 0 Å². The third-order valence-electron chi connectivity index (χ3n) is 3.36. The van der Waals surface area contributed by atoms with Crippen molar-refractivity contribution in [2.45, 2.75) is 20.3 Å². The van der Waals surface area contributed by atoms with Crippen LogP contribution in [-0.4, -0.2) is 24.5 Å². The largest absolute Gasteiger partial charge is 0.319 e.